The smallest absolute Gasteiger partial charge is 0.313 e. The molecule has 2 aromatic rings. The molecule has 1 unspecified atom stereocenters. The normalized spacial score (nSPS) is 13.6. The molecule has 2 rings (SSSR count). The molecule has 0 aliphatic carbocycles. The lowest BCUT2D eigenvalue weighted by Gasteiger charge is -2.28. The van der Waals surface area contributed by atoms with E-state index in [0.717, 1.165) is 11.1 Å². The van der Waals surface area contributed by atoms with E-state index < -0.39 is 11.5 Å². The lowest BCUT2D eigenvalue weighted by Crippen LogP contribution is -2.37. The highest BCUT2D eigenvalue weighted by molar-refractivity contribution is 5.78. The van der Waals surface area contributed by atoms with Crippen LogP contribution in [-0.2, 0) is 9.53 Å². The third-order valence-corrected chi connectivity index (χ3v) is 3.20. The first-order valence-corrected chi connectivity index (χ1v) is 5.64. The Kier molecular flexibility index (Phi) is 3.09. The highest BCUT2D eigenvalue weighted by atomic mass is 16.5. The lowest BCUT2D eigenvalue weighted by molar-refractivity contribution is -0.152. The number of aromatic nitrogens is 1. The highest BCUT2D eigenvalue weighted by Crippen LogP contribution is 2.33. The number of methoxy groups -OCH3 is 1. The van der Waals surface area contributed by atoms with E-state index >= 15 is 0 Å². The quantitative estimate of drug-likeness (QED) is 0.841. The van der Waals surface area contributed by atoms with Crippen molar-refractivity contribution in [3.05, 3.63) is 30.2 Å². The van der Waals surface area contributed by atoms with E-state index in [2.05, 4.69) is 4.98 Å². The molecule has 0 fully saturated rings. The van der Waals surface area contributed by atoms with Gasteiger partial charge in [-0.05, 0) is 31.5 Å². The Labute approximate surface area is 105 Å². The predicted octanol–water partition coefficient (Wildman–Crippen LogP) is 2.03. The number of oxazole rings is 1. The zero-order valence-electron chi connectivity index (χ0n) is 10.6. The Morgan fingerprint density at radius 2 is 2.22 bits per heavy atom. The van der Waals surface area contributed by atoms with Gasteiger partial charge in [0.2, 0.25) is 0 Å². The van der Waals surface area contributed by atoms with Gasteiger partial charge in [0.15, 0.2) is 12.0 Å². The van der Waals surface area contributed by atoms with Crippen molar-refractivity contribution in [2.45, 2.75) is 19.9 Å². The van der Waals surface area contributed by atoms with Crippen molar-refractivity contribution in [2.24, 2.45) is 11.1 Å². The Morgan fingerprint density at radius 3 is 2.89 bits per heavy atom. The number of carbonyl (C=O) groups excluding carboxylic acids is 1. The van der Waals surface area contributed by atoms with Crippen molar-refractivity contribution in [1.82, 2.24) is 4.98 Å². The van der Waals surface area contributed by atoms with Gasteiger partial charge in [-0.2, -0.15) is 0 Å². The fraction of sp³-hybridized carbons (Fsp3) is 0.385. The molecule has 0 spiro atoms. The van der Waals surface area contributed by atoms with Gasteiger partial charge in [-0.1, -0.05) is 6.07 Å². The molecule has 1 heterocycles. The number of hydrogen-bond acceptors (Lipinski definition) is 5. The summed E-state index contributed by atoms with van der Waals surface area (Å²) in [5.74, 6) is -0.340. The van der Waals surface area contributed by atoms with Crippen LogP contribution in [0.1, 0.15) is 25.5 Å². The van der Waals surface area contributed by atoms with Crippen LogP contribution in [0.5, 0.6) is 0 Å². The predicted molar refractivity (Wildman–Crippen MR) is 66.7 cm³/mol. The molecule has 5 heteroatoms. The second kappa shape index (κ2) is 4.42. The lowest BCUT2D eigenvalue weighted by atomic mass is 9.81. The van der Waals surface area contributed by atoms with E-state index in [0.29, 0.717) is 5.58 Å². The fourth-order valence-corrected chi connectivity index (χ4v) is 1.87. The molecular formula is C13H16N2O3. The molecule has 0 bridgehead atoms. The first-order valence-electron chi connectivity index (χ1n) is 5.64. The van der Waals surface area contributed by atoms with Gasteiger partial charge < -0.3 is 14.9 Å². The Bertz CT molecular complexity index is 574. The second-order valence-corrected chi connectivity index (χ2v) is 4.77. The number of ether oxygens (including phenoxy) is 1. The zero-order valence-corrected chi connectivity index (χ0v) is 10.6. The van der Waals surface area contributed by atoms with Crippen molar-refractivity contribution < 1.29 is 13.9 Å². The van der Waals surface area contributed by atoms with Crippen LogP contribution in [0.4, 0.5) is 0 Å². The average molecular weight is 248 g/mol. The second-order valence-electron chi connectivity index (χ2n) is 4.77. The number of benzene rings is 1. The van der Waals surface area contributed by atoms with Gasteiger partial charge in [-0.15, -0.1) is 0 Å². The number of fused-ring (bicyclic) bond motifs is 1. The number of carbonyl (C=O) groups is 1. The van der Waals surface area contributed by atoms with Gasteiger partial charge >= 0.3 is 5.97 Å². The molecule has 0 amide bonds. The SMILES string of the molecule is COC(=O)C(C)(C)C(N)c1ccc2ncoc2c1. The molecule has 0 radical (unpaired) electrons. The molecule has 1 aromatic heterocycles. The molecule has 96 valence electrons. The number of hydrogen-bond donors (Lipinski definition) is 1. The van der Waals surface area contributed by atoms with Crippen LogP contribution in [0.2, 0.25) is 0 Å². The van der Waals surface area contributed by atoms with E-state index in [-0.39, 0.29) is 5.97 Å². The molecule has 2 N–H and O–H groups in total. The van der Waals surface area contributed by atoms with Gasteiger partial charge in [0, 0.05) is 6.04 Å². The van der Waals surface area contributed by atoms with Gasteiger partial charge in [0.25, 0.3) is 0 Å². The average Bonchev–Trinajstić information content (AvgIpc) is 2.83. The highest BCUT2D eigenvalue weighted by Gasteiger charge is 2.36. The Hall–Kier alpha value is -1.88. The van der Waals surface area contributed by atoms with E-state index in [1.807, 2.05) is 12.1 Å². The monoisotopic (exact) mass is 248 g/mol. The van der Waals surface area contributed by atoms with Gasteiger partial charge in [0.1, 0.15) is 5.52 Å². The first-order chi connectivity index (χ1) is 8.46. The van der Waals surface area contributed by atoms with Crippen LogP contribution in [0.3, 0.4) is 0 Å². The van der Waals surface area contributed by atoms with Crippen LogP contribution in [-0.4, -0.2) is 18.1 Å². The maximum Gasteiger partial charge on any atom is 0.313 e. The van der Waals surface area contributed by atoms with Gasteiger partial charge in [-0.25, -0.2) is 4.98 Å². The maximum absolute atomic E-state index is 11.7. The van der Waals surface area contributed by atoms with Gasteiger partial charge in [0.05, 0.1) is 12.5 Å². The third-order valence-electron chi connectivity index (χ3n) is 3.20. The number of esters is 1. The molecule has 1 aromatic carbocycles. The summed E-state index contributed by atoms with van der Waals surface area (Å²) in [6, 6.07) is 5.00. The third kappa shape index (κ3) is 1.97. The summed E-state index contributed by atoms with van der Waals surface area (Å²) < 4.78 is 10.0. The molecule has 0 aliphatic rings. The van der Waals surface area contributed by atoms with Crippen molar-refractivity contribution in [3.8, 4) is 0 Å². The van der Waals surface area contributed by atoms with E-state index in [9.17, 15) is 4.79 Å². The minimum atomic E-state index is -0.803. The summed E-state index contributed by atoms with van der Waals surface area (Å²) in [6.45, 7) is 3.52. The zero-order chi connectivity index (χ0) is 13.3. The summed E-state index contributed by atoms with van der Waals surface area (Å²) in [5.41, 5.74) is 7.58. The summed E-state index contributed by atoms with van der Waals surface area (Å²) >= 11 is 0. The summed E-state index contributed by atoms with van der Waals surface area (Å²) in [6.07, 6.45) is 1.38. The first kappa shape index (κ1) is 12.6. The van der Waals surface area contributed by atoms with E-state index in [1.54, 1.807) is 19.9 Å². The molecule has 1 atom stereocenters. The van der Waals surface area contributed by atoms with Crippen LogP contribution in [0.25, 0.3) is 11.1 Å². The molecule has 0 saturated heterocycles. The Morgan fingerprint density at radius 1 is 1.50 bits per heavy atom. The molecular weight excluding hydrogens is 232 g/mol. The van der Waals surface area contributed by atoms with Crippen molar-refractivity contribution in [3.63, 3.8) is 0 Å². The standard InChI is InChI=1S/C13H16N2O3/c1-13(2,12(16)17-3)11(14)8-4-5-9-10(6-8)18-7-15-9/h4-7,11H,14H2,1-3H3. The van der Waals surface area contributed by atoms with Crippen LogP contribution < -0.4 is 5.73 Å². The Balaban J connectivity index is 2.38. The molecule has 0 aliphatic heterocycles. The largest absolute Gasteiger partial charge is 0.469 e. The molecule has 18 heavy (non-hydrogen) atoms. The number of nitrogens with zero attached hydrogens (tertiary/aromatic N) is 1. The van der Waals surface area contributed by atoms with E-state index in [4.69, 9.17) is 14.9 Å². The minimum Gasteiger partial charge on any atom is -0.469 e. The summed E-state index contributed by atoms with van der Waals surface area (Å²) in [7, 11) is 1.36. The van der Waals surface area contributed by atoms with Crippen molar-refractivity contribution in [2.75, 3.05) is 7.11 Å². The van der Waals surface area contributed by atoms with Crippen LogP contribution in [0.15, 0.2) is 29.0 Å². The summed E-state index contributed by atoms with van der Waals surface area (Å²) in [5, 5.41) is 0. The summed E-state index contributed by atoms with van der Waals surface area (Å²) in [4.78, 5) is 15.8. The number of rotatable bonds is 3. The number of nitrogens with two attached hydrogens (primary N) is 1. The van der Waals surface area contributed by atoms with Crippen molar-refractivity contribution >= 4 is 17.1 Å². The van der Waals surface area contributed by atoms with E-state index in [1.165, 1.54) is 13.5 Å². The van der Waals surface area contributed by atoms with Crippen molar-refractivity contribution in [1.29, 1.82) is 0 Å². The van der Waals surface area contributed by atoms with Crippen LogP contribution in [0, 0.1) is 5.41 Å². The molecule has 0 saturated carbocycles. The maximum atomic E-state index is 11.7. The topological polar surface area (TPSA) is 78.4 Å². The minimum absolute atomic E-state index is 0.340. The van der Waals surface area contributed by atoms with Gasteiger partial charge in [-0.3, -0.25) is 4.79 Å². The van der Waals surface area contributed by atoms with Crippen LogP contribution >= 0.6 is 0 Å². The fourth-order valence-electron chi connectivity index (χ4n) is 1.87. The molecule has 5 nitrogen and oxygen atoms in total.